The Morgan fingerprint density at radius 1 is 1.19 bits per heavy atom. The summed E-state index contributed by atoms with van der Waals surface area (Å²) >= 11 is 0. The van der Waals surface area contributed by atoms with Gasteiger partial charge in [-0.05, 0) is 36.4 Å². The molecule has 0 aliphatic carbocycles. The summed E-state index contributed by atoms with van der Waals surface area (Å²) in [7, 11) is 0. The van der Waals surface area contributed by atoms with E-state index >= 15 is 0 Å². The molecule has 0 unspecified atom stereocenters. The van der Waals surface area contributed by atoms with Gasteiger partial charge in [0.25, 0.3) is 0 Å². The summed E-state index contributed by atoms with van der Waals surface area (Å²) < 4.78 is 45.4. The van der Waals surface area contributed by atoms with Crippen LogP contribution in [0.5, 0.6) is 0 Å². The van der Waals surface area contributed by atoms with Crippen molar-refractivity contribution in [3.63, 3.8) is 0 Å². The molecule has 1 N–H and O–H groups in total. The molecule has 32 heavy (non-hydrogen) atoms. The van der Waals surface area contributed by atoms with Crippen LogP contribution in [0.4, 0.5) is 23.7 Å². The Kier molecular flexibility index (Phi) is 5.33. The maximum Gasteiger partial charge on any atom is 0.417 e. The lowest BCUT2D eigenvalue weighted by atomic mass is 10.1. The van der Waals surface area contributed by atoms with Gasteiger partial charge in [0.1, 0.15) is 17.4 Å². The highest BCUT2D eigenvalue weighted by Gasteiger charge is 2.33. The second-order valence-corrected chi connectivity index (χ2v) is 7.22. The zero-order valence-electron chi connectivity index (χ0n) is 16.7. The van der Waals surface area contributed by atoms with Gasteiger partial charge in [-0.2, -0.15) is 13.2 Å². The topological polar surface area (TPSA) is 93.0 Å². The van der Waals surface area contributed by atoms with Crippen LogP contribution in [0.15, 0.2) is 48.8 Å². The van der Waals surface area contributed by atoms with Crippen molar-refractivity contribution in [1.29, 1.82) is 0 Å². The minimum absolute atomic E-state index is 0.0187. The van der Waals surface area contributed by atoms with Gasteiger partial charge in [0.15, 0.2) is 0 Å². The summed E-state index contributed by atoms with van der Waals surface area (Å²) in [4.78, 5) is 41.4. The molecule has 1 fully saturated rings. The number of anilines is 1. The molecule has 1 saturated heterocycles. The number of alkyl halides is 3. The lowest BCUT2D eigenvalue weighted by Gasteiger charge is -2.13. The fraction of sp³-hybridized carbons (Fsp3) is 0.238. The molecule has 166 valence electrons. The summed E-state index contributed by atoms with van der Waals surface area (Å²) in [6.07, 6.45) is -3.59. The van der Waals surface area contributed by atoms with Crippen molar-refractivity contribution in [3.05, 3.63) is 65.6 Å². The van der Waals surface area contributed by atoms with Gasteiger partial charge in [0.05, 0.1) is 24.8 Å². The second-order valence-electron chi connectivity index (χ2n) is 7.22. The van der Waals surface area contributed by atoms with Gasteiger partial charge >= 0.3 is 12.3 Å². The average molecular weight is 446 g/mol. The van der Waals surface area contributed by atoms with Crippen LogP contribution >= 0.6 is 0 Å². The first-order valence-corrected chi connectivity index (χ1v) is 9.55. The third-order valence-corrected chi connectivity index (χ3v) is 4.96. The number of fused-ring (bicyclic) bond motifs is 1. The van der Waals surface area contributed by atoms with Crippen molar-refractivity contribution in [3.8, 4) is 0 Å². The fourth-order valence-corrected chi connectivity index (χ4v) is 3.35. The van der Waals surface area contributed by atoms with Gasteiger partial charge < -0.3 is 10.1 Å². The zero-order valence-corrected chi connectivity index (χ0v) is 16.7. The third kappa shape index (κ3) is 4.13. The van der Waals surface area contributed by atoms with E-state index in [2.05, 4.69) is 10.3 Å². The number of imidazole rings is 1. The number of cyclic esters (lactones) is 1. The van der Waals surface area contributed by atoms with Crippen molar-refractivity contribution in [2.24, 2.45) is 0 Å². The molecule has 0 spiro atoms. The summed E-state index contributed by atoms with van der Waals surface area (Å²) in [5.41, 5.74) is -0.00347. The number of nitrogens with one attached hydrogen (secondary N) is 1. The molecule has 4 rings (SSSR count). The summed E-state index contributed by atoms with van der Waals surface area (Å²) in [6.45, 7) is 1.76. The number of carbonyl (C=O) groups is 3. The van der Waals surface area contributed by atoms with E-state index in [1.165, 1.54) is 36.2 Å². The van der Waals surface area contributed by atoms with Crippen LogP contribution in [0.3, 0.4) is 0 Å². The Bertz CT molecular complexity index is 1200. The number of ether oxygens (including phenoxy) is 1. The smallest absolute Gasteiger partial charge is 0.417 e. The highest BCUT2D eigenvalue weighted by molar-refractivity contribution is 6.08. The van der Waals surface area contributed by atoms with Crippen LogP contribution < -0.4 is 10.2 Å². The minimum atomic E-state index is -4.55. The highest BCUT2D eigenvalue weighted by Crippen LogP contribution is 2.30. The van der Waals surface area contributed by atoms with Crippen LogP contribution in [0, 0.1) is 0 Å². The van der Waals surface area contributed by atoms with Gasteiger partial charge in [0.2, 0.25) is 11.7 Å². The fourth-order valence-electron chi connectivity index (χ4n) is 3.35. The molecule has 1 aromatic carbocycles. The van der Waals surface area contributed by atoms with E-state index in [-0.39, 0.29) is 35.9 Å². The van der Waals surface area contributed by atoms with E-state index in [4.69, 9.17) is 4.74 Å². The van der Waals surface area contributed by atoms with Crippen LogP contribution in [0.2, 0.25) is 0 Å². The molecule has 8 nitrogen and oxygen atoms in total. The van der Waals surface area contributed by atoms with Crippen molar-refractivity contribution in [1.82, 2.24) is 14.7 Å². The van der Waals surface area contributed by atoms with Crippen molar-refractivity contribution in [2.75, 3.05) is 18.0 Å². The van der Waals surface area contributed by atoms with Gasteiger partial charge in [-0.1, -0.05) is 0 Å². The number of ketones is 1. The number of amides is 2. The Labute approximate surface area is 179 Å². The first kappa shape index (κ1) is 21.3. The van der Waals surface area contributed by atoms with Gasteiger partial charge in [-0.3, -0.25) is 18.9 Å². The lowest BCUT2D eigenvalue weighted by Crippen LogP contribution is -2.33. The minimum Gasteiger partial charge on any atom is -0.442 e. The molecule has 1 atom stereocenters. The maximum absolute atomic E-state index is 13.0. The Morgan fingerprint density at radius 2 is 1.91 bits per heavy atom. The first-order valence-electron chi connectivity index (χ1n) is 9.55. The molecule has 0 saturated carbocycles. The number of benzene rings is 1. The standard InChI is InChI=1S/C21H17F3N4O4/c1-12(29)25-8-16-11-27(20(31)32-16)15-5-2-13(3-6-15)19(30)17-9-26-18-7-4-14(10-28(17)18)21(22,23)24/h2-7,9-10,16H,8,11H2,1H3,(H,25,29)/t16-/m0/s1. The number of nitrogens with zero attached hydrogens (tertiary/aromatic N) is 3. The van der Waals surface area contributed by atoms with Crippen LogP contribution in [0.1, 0.15) is 28.5 Å². The van der Waals surface area contributed by atoms with Crippen molar-refractivity contribution in [2.45, 2.75) is 19.2 Å². The first-order chi connectivity index (χ1) is 15.1. The molecule has 2 amide bonds. The number of rotatable bonds is 5. The molecule has 2 aromatic heterocycles. The molecule has 1 aliphatic heterocycles. The Morgan fingerprint density at radius 3 is 2.56 bits per heavy atom. The number of halogens is 3. The Hall–Kier alpha value is -3.89. The molecular weight excluding hydrogens is 429 g/mol. The molecule has 1 aliphatic rings. The quantitative estimate of drug-likeness (QED) is 0.609. The number of carbonyl (C=O) groups excluding carboxylic acids is 3. The number of pyridine rings is 1. The molecular formula is C21H17F3N4O4. The number of hydrogen-bond donors (Lipinski definition) is 1. The second kappa shape index (κ2) is 7.98. The summed E-state index contributed by atoms with van der Waals surface area (Å²) in [5, 5.41) is 2.58. The summed E-state index contributed by atoms with van der Waals surface area (Å²) in [5.74, 6) is -0.756. The van der Waals surface area contributed by atoms with E-state index in [1.54, 1.807) is 12.1 Å². The monoisotopic (exact) mass is 446 g/mol. The van der Waals surface area contributed by atoms with Crippen LogP contribution in [-0.2, 0) is 15.7 Å². The normalized spacial score (nSPS) is 16.3. The Balaban J connectivity index is 1.54. The predicted octanol–water partition coefficient (Wildman–Crippen LogP) is 3.05. The third-order valence-electron chi connectivity index (χ3n) is 4.96. The highest BCUT2D eigenvalue weighted by atomic mass is 19.4. The van der Waals surface area contributed by atoms with Crippen molar-refractivity contribution < 1.29 is 32.3 Å². The molecule has 11 heteroatoms. The largest absolute Gasteiger partial charge is 0.442 e. The van der Waals surface area contributed by atoms with E-state index in [1.807, 2.05) is 0 Å². The van der Waals surface area contributed by atoms with E-state index in [0.717, 1.165) is 16.7 Å². The lowest BCUT2D eigenvalue weighted by molar-refractivity contribution is -0.137. The van der Waals surface area contributed by atoms with Crippen LogP contribution in [-0.4, -0.2) is 46.4 Å². The van der Waals surface area contributed by atoms with Gasteiger partial charge in [-0.15, -0.1) is 0 Å². The molecule has 0 radical (unpaired) electrons. The average Bonchev–Trinajstić information content (AvgIpc) is 3.34. The van der Waals surface area contributed by atoms with E-state index in [9.17, 15) is 27.6 Å². The number of aromatic nitrogens is 2. The number of hydrogen-bond acceptors (Lipinski definition) is 5. The van der Waals surface area contributed by atoms with Gasteiger partial charge in [0, 0.05) is 24.4 Å². The molecule has 0 bridgehead atoms. The predicted molar refractivity (Wildman–Crippen MR) is 106 cm³/mol. The van der Waals surface area contributed by atoms with Crippen molar-refractivity contribution >= 4 is 29.1 Å². The molecule has 3 heterocycles. The molecule has 3 aromatic rings. The van der Waals surface area contributed by atoms with Gasteiger partial charge in [-0.25, -0.2) is 9.78 Å². The van der Waals surface area contributed by atoms with E-state index < -0.39 is 29.7 Å². The summed E-state index contributed by atoms with van der Waals surface area (Å²) in [6, 6.07) is 8.12. The van der Waals surface area contributed by atoms with E-state index in [0.29, 0.717) is 5.69 Å². The maximum atomic E-state index is 13.0. The van der Waals surface area contributed by atoms with Crippen LogP contribution in [0.25, 0.3) is 5.65 Å². The SMILES string of the molecule is CC(=O)NC[C@H]1CN(c2ccc(C(=O)c3cnc4ccc(C(F)(F)F)cn34)cc2)C(=O)O1. The zero-order chi connectivity index (χ0) is 23.0.